The Bertz CT molecular complexity index is 300. The highest BCUT2D eigenvalue weighted by atomic mass is 16.1. The van der Waals surface area contributed by atoms with Crippen molar-refractivity contribution in [2.24, 2.45) is 9.98 Å². The maximum Gasteiger partial charge on any atom is 0.235 e. The molecule has 0 aromatic carbocycles. The van der Waals surface area contributed by atoms with E-state index < -0.39 is 5.54 Å². The van der Waals surface area contributed by atoms with Crippen molar-refractivity contribution in [3.05, 3.63) is 0 Å². The molecule has 0 spiro atoms. The third kappa shape index (κ3) is 2.62. The lowest BCUT2D eigenvalue weighted by molar-refractivity contribution is 0.239. The molecule has 1 fully saturated rings. The Labute approximate surface area is 89.5 Å². The predicted molar refractivity (Wildman–Crippen MR) is 56.1 cm³/mol. The summed E-state index contributed by atoms with van der Waals surface area (Å²) < 4.78 is 0. The minimum atomic E-state index is -0.480. The summed E-state index contributed by atoms with van der Waals surface area (Å²) in [5.74, 6) is 0. The van der Waals surface area contributed by atoms with Gasteiger partial charge in [0.1, 0.15) is 0 Å². The summed E-state index contributed by atoms with van der Waals surface area (Å²) >= 11 is 0. The average molecular weight is 208 g/mol. The van der Waals surface area contributed by atoms with Crippen LogP contribution in [-0.2, 0) is 9.59 Å². The van der Waals surface area contributed by atoms with Crippen LogP contribution >= 0.6 is 0 Å². The number of isocyanates is 2. The molecule has 0 N–H and O–H groups in total. The van der Waals surface area contributed by atoms with Gasteiger partial charge in [0.15, 0.2) is 0 Å². The maximum atomic E-state index is 10.5. The van der Waals surface area contributed by atoms with Crippen molar-refractivity contribution in [1.29, 1.82) is 0 Å². The van der Waals surface area contributed by atoms with Gasteiger partial charge in [-0.15, -0.1) is 0 Å². The Morgan fingerprint density at radius 3 is 2.73 bits per heavy atom. The summed E-state index contributed by atoms with van der Waals surface area (Å²) in [6.45, 7) is 2.04. The van der Waals surface area contributed by atoms with E-state index in [0.717, 1.165) is 38.5 Å². The zero-order valence-electron chi connectivity index (χ0n) is 9.03. The fourth-order valence-electron chi connectivity index (χ4n) is 2.45. The minimum Gasteiger partial charge on any atom is -0.211 e. The number of hydrogen-bond donors (Lipinski definition) is 0. The van der Waals surface area contributed by atoms with E-state index in [-0.39, 0.29) is 6.04 Å². The van der Waals surface area contributed by atoms with E-state index in [9.17, 15) is 9.59 Å². The number of aliphatic imine (C=N–C) groups is 2. The second-order valence-electron chi connectivity index (χ2n) is 4.04. The number of carbonyl (C=O) groups excluding carboxylic acids is 2. The monoisotopic (exact) mass is 208 g/mol. The topological polar surface area (TPSA) is 58.9 Å². The fourth-order valence-corrected chi connectivity index (χ4v) is 2.45. The van der Waals surface area contributed by atoms with Crippen LogP contribution in [0.25, 0.3) is 0 Å². The van der Waals surface area contributed by atoms with Gasteiger partial charge in [-0.3, -0.25) is 0 Å². The van der Waals surface area contributed by atoms with Crippen LogP contribution in [0, 0.1) is 0 Å². The molecule has 1 aliphatic carbocycles. The summed E-state index contributed by atoms with van der Waals surface area (Å²) in [7, 11) is 0. The molecule has 1 saturated carbocycles. The predicted octanol–water partition coefficient (Wildman–Crippen LogP) is 2.14. The van der Waals surface area contributed by atoms with Crippen molar-refractivity contribution >= 4 is 12.2 Å². The van der Waals surface area contributed by atoms with Crippen LogP contribution in [0.2, 0.25) is 0 Å². The van der Waals surface area contributed by atoms with Gasteiger partial charge in [-0.2, -0.15) is 9.98 Å². The van der Waals surface area contributed by atoms with Crippen LogP contribution in [0.1, 0.15) is 45.4 Å². The molecule has 4 heteroatoms. The number of rotatable bonds is 4. The lowest BCUT2D eigenvalue weighted by Gasteiger charge is -2.36. The molecule has 0 aromatic rings. The van der Waals surface area contributed by atoms with Crippen LogP contribution < -0.4 is 0 Å². The van der Waals surface area contributed by atoms with Gasteiger partial charge in [-0.1, -0.05) is 26.2 Å². The molecule has 0 bridgehead atoms. The van der Waals surface area contributed by atoms with Crippen LogP contribution in [0.4, 0.5) is 0 Å². The lowest BCUT2D eigenvalue weighted by Crippen LogP contribution is -2.42. The van der Waals surface area contributed by atoms with Crippen molar-refractivity contribution in [3.8, 4) is 0 Å². The first-order valence-corrected chi connectivity index (χ1v) is 5.45. The summed E-state index contributed by atoms with van der Waals surface area (Å²) in [4.78, 5) is 28.5. The summed E-state index contributed by atoms with van der Waals surface area (Å²) in [5, 5.41) is 0. The van der Waals surface area contributed by atoms with Gasteiger partial charge >= 0.3 is 0 Å². The van der Waals surface area contributed by atoms with Crippen molar-refractivity contribution < 1.29 is 9.59 Å². The summed E-state index contributed by atoms with van der Waals surface area (Å²) in [5.41, 5.74) is -0.480. The van der Waals surface area contributed by atoms with Crippen molar-refractivity contribution in [1.82, 2.24) is 0 Å². The molecular formula is C11H16N2O2. The Morgan fingerprint density at radius 1 is 1.33 bits per heavy atom. The molecule has 0 heterocycles. The standard InChI is InChI=1S/C11H16N2O2/c1-2-6-11(13-9-15)7-4-3-5-10(11)12-8-14/h10H,2-7H2,1H3. The van der Waals surface area contributed by atoms with E-state index in [2.05, 4.69) is 9.98 Å². The Morgan fingerprint density at radius 2 is 2.13 bits per heavy atom. The molecule has 82 valence electrons. The normalized spacial score (nSPS) is 30.1. The van der Waals surface area contributed by atoms with Gasteiger partial charge in [0.25, 0.3) is 0 Å². The van der Waals surface area contributed by atoms with E-state index in [4.69, 9.17) is 0 Å². The summed E-state index contributed by atoms with van der Waals surface area (Å²) in [6.07, 6.45) is 8.67. The quantitative estimate of drug-likeness (QED) is 0.525. The van der Waals surface area contributed by atoms with E-state index in [0.29, 0.717) is 0 Å². The molecule has 2 unspecified atom stereocenters. The molecule has 4 nitrogen and oxygen atoms in total. The van der Waals surface area contributed by atoms with Crippen LogP contribution in [0.5, 0.6) is 0 Å². The van der Waals surface area contributed by atoms with Gasteiger partial charge in [0.2, 0.25) is 12.2 Å². The van der Waals surface area contributed by atoms with E-state index in [1.807, 2.05) is 6.92 Å². The Kier molecular flexibility index (Phi) is 4.41. The molecule has 2 atom stereocenters. The minimum absolute atomic E-state index is 0.176. The van der Waals surface area contributed by atoms with Crippen LogP contribution in [0.15, 0.2) is 9.98 Å². The van der Waals surface area contributed by atoms with Gasteiger partial charge in [0.05, 0.1) is 11.6 Å². The van der Waals surface area contributed by atoms with Gasteiger partial charge in [-0.25, -0.2) is 9.59 Å². The molecule has 1 aliphatic rings. The van der Waals surface area contributed by atoms with Crippen LogP contribution in [0.3, 0.4) is 0 Å². The molecule has 0 aromatic heterocycles. The lowest BCUT2D eigenvalue weighted by atomic mass is 9.75. The molecule has 0 aliphatic heterocycles. The highest BCUT2D eigenvalue weighted by molar-refractivity contribution is 5.38. The first kappa shape index (κ1) is 11.8. The first-order chi connectivity index (χ1) is 7.29. The SMILES string of the molecule is CCCC1(N=C=O)CCCCC1N=C=O. The highest BCUT2D eigenvalue weighted by Gasteiger charge is 2.40. The number of hydrogen-bond acceptors (Lipinski definition) is 4. The Hall–Kier alpha value is -1.24. The summed E-state index contributed by atoms with van der Waals surface area (Å²) in [6, 6.07) is -0.176. The van der Waals surface area contributed by atoms with Crippen molar-refractivity contribution in [2.45, 2.75) is 57.0 Å². The van der Waals surface area contributed by atoms with Gasteiger partial charge in [0, 0.05) is 0 Å². The van der Waals surface area contributed by atoms with Crippen molar-refractivity contribution in [3.63, 3.8) is 0 Å². The third-order valence-corrected chi connectivity index (χ3v) is 3.12. The molecule has 1 rings (SSSR count). The highest BCUT2D eigenvalue weighted by Crippen LogP contribution is 2.37. The molecule has 15 heavy (non-hydrogen) atoms. The smallest absolute Gasteiger partial charge is 0.211 e. The second kappa shape index (κ2) is 5.59. The number of nitrogens with zero attached hydrogens (tertiary/aromatic N) is 2. The second-order valence-corrected chi connectivity index (χ2v) is 4.04. The largest absolute Gasteiger partial charge is 0.235 e. The zero-order valence-corrected chi connectivity index (χ0v) is 9.03. The van der Waals surface area contributed by atoms with Crippen LogP contribution in [-0.4, -0.2) is 23.7 Å². The van der Waals surface area contributed by atoms with Crippen molar-refractivity contribution in [2.75, 3.05) is 0 Å². The van der Waals surface area contributed by atoms with Gasteiger partial charge < -0.3 is 0 Å². The maximum absolute atomic E-state index is 10.5. The average Bonchev–Trinajstić information content (AvgIpc) is 2.23. The van der Waals surface area contributed by atoms with Gasteiger partial charge in [-0.05, 0) is 19.3 Å². The molecular weight excluding hydrogens is 192 g/mol. The fraction of sp³-hybridized carbons (Fsp3) is 0.818. The Balaban J connectivity index is 2.97. The van der Waals surface area contributed by atoms with E-state index in [1.165, 1.54) is 0 Å². The zero-order chi connectivity index (χ0) is 11.1. The molecule has 0 radical (unpaired) electrons. The van der Waals surface area contributed by atoms with E-state index in [1.54, 1.807) is 12.2 Å². The first-order valence-electron chi connectivity index (χ1n) is 5.45. The molecule has 0 amide bonds. The third-order valence-electron chi connectivity index (χ3n) is 3.12. The molecule has 0 saturated heterocycles. The van der Waals surface area contributed by atoms with E-state index >= 15 is 0 Å².